The van der Waals surface area contributed by atoms with Crippen LogP contribution < -0.4 is 10.6 Å². The molecule has 1 atom stereocenters. The van der Waals surface area contributed by atoms with E-state index in [0.717, 1.165) is 40.1 Å². The zero-order valence-corrected chi connectivity index (χ0v) is 23.9. The number of nitriles is 1. The summed E-state index contributed by atoms with van der Waals surface area (Å²) >= 11 is 1.74. The van der Waals surface area contributed by atoms with Crippen molar-refractivity contribution in [3.8, 4) is 6.07 Å². The number of thioether (sulfide) groups is 1. The van der Waals surface area contributed by atoms with Gasteiger partial charge in [0.25, 0.3) is 0 Å². The molecule has 0 radical (unpaired) electrons. The molecule has 4 nitrogen and oxygen atoms in total. The molecule has 0 aromatic heterocycles. The van der Waals surface area contributed by atoms with E-state index in [-0.39, 0.29) is 17.2 Å². The Bertz CT molecular complexity index is 1630. The van der Waals surface area contributed by atoms with Gasteiger partial charge in [-0.3, -0.25) is 9.69 Å². The second-order valence-electron chi connectivity index (χ2n) is 10.6. The van der Waals surface area contributed by atoms with Crippen LogP contribution in [0.2, 0.25) is 0 Å². The Hall–Kier alpha value is -3.96. The van der Waals surface area contributed by atoms with Crippen molar-refractivity contribution in [1.82, 2.24) is 0 Å². The molecule has 1 aliphatic heterocycles. The lowest BCUT2D eigenvalue weighted by molar-refractivity contribution is -0.137. The standard InChI is InChI=1S/C33H30F3N3OS/c1-19-7-4-5-10-29(19)41-18-22-16-25(21(3)15-20(22)2)30-26(17-37)32(38)39(27-8-6-9-28(40)31(27)30)24-13-11-23(12-14-24)33(34,35)36/h4-5,7,10-16,30H,6,8-9,18,38H2,1-3H3. The fourth-order valence-electron chi connectivity index (χ4n) is 5.75. The highest BCUT2D eigenvalue weighted by Gasteiger charge is 2.41. The molecule has 1 heterocycles. The first-order valence-corrected chi connectivity index (χ1v) is 14.4. The highest BCUT2D eigenvalue weighted by Crippen LogP contribution is 2.47. The number of nitrogens with zero attached hydrogens (tertiary/aromatic N) is 2. The van der Waals surface area contributed by atoms with Crippen LogP contribution in [0.5, 0.6) is 0 Å². The number of Topliss-reactive ketones (excluding diaryl/α,β-unsaturated/α-hetero) is 1. The van der Waals surface area contributed by atoms with Crippen LogP contribution in [-0.4, -0.2) is 5.78 Å². The van der Waals surface area contributed by atoms with E-state index in [9.17, 15) is 23.2 Å². The van der Waals surface area contributed by atoms with Crippen molar-refractivity contribution in [3.63, 3.8) is 0 Å². The Kier molecular flexibility index (Phi) is 7.76. The van der Waals surface area contributed by atoms with Crippen molar-refractivity contribution in [2.45, 2.75) is 62.8 Å². The van der Waals surface area contributed by atoms with Crippen LogP contribution in [0, 0.1) is 32.1 Å². The van der Waals surface area contributed by atoms with Crippen LogP contribution in [0.1, 0.15) is 58.6 Å². The number of ketones is 1. The fourth-order valence-corrected chi connectivity index (χ4v) is 6.84. The van der Waals surface area contributed by atoms with E-state index >= 15 is 0 Å². The molecule has 41 heavy (non-hydrogen) atoms. The average molecular weight is 574 g/mol. The van der Waals surface area contributed by atoms with Crippen molar-refractivity contribution in [2.75, 3.05) is 4.90 Å². The summed E-state index contributed by atoms with van der Waals surface area (Å²) in [6.07, 6.45) is -3.01. The van der Waals surface area contributed by atoms with Crippen LogP contribution >= 0.6 is 11.8 Å². The normalized spacial score (nSPS) is 17.5. The molecule has 2 aliphatic rings. The van der Waals surface area contributed by atoms with Gasteiger partial charge in [-0.2, -0.15) is 18.4 Å². The Balaban J connectivity index is 1.61. The third-order valence-corrected chi connectivity index (χ3v) is 9.10. The highest BCUT2D eigenvalue weighted by molar-refractivity contribution is 7.98. The predicted molar refractivity (Wildman–Crippen MR) is 156 cm³/mol. The summed E-state index contributed by atoms with van der Waals surface area (Å²) in [5, 5.41) is 10.4. The molecule has 3 aromatic carbocycles. The molecule has 5 rings (SSSR count). The number of hydrogen-bond acceptors (Lipinski definition) is 5. The molecular formula is C33H30F3N3OS. The van der Waals surface area contributed by atoms with Gasteiger partial charge in [-0.1, -0.05) is 30.3 Å². The van der Waals surface area contributed by atoms with Gasteiger partial charge in [0.2, 0.25) is 0 Å². The summed E-state index contributed by atoms with van der Waals surface area (Å²) in [6, 6.07) is 19.3. The Morgan fingerprint density at radius 3 is 2.37 bits per heavy atom. The van der Waals surface area contributed by atoms with Crippen LogP contribution in [0.4, 0.5) is 18.9 Å². The summed E-state index contributed by atoms with van der Waals surface area (Å²) in [5.74, 6) is 0.150. The summed E-state index contributed by atoms with van der Waals surface area (Å²) in [6.45, 7) is 6.11. The summed E-state index contributed by atoms with van der Waals surface area (Å²) in [7, 11) is 0. The van der Waals surface area contributed by atoms with Gasteiger partial charge < -0.3 is 5.73 Å². The minimum Gasteiger partial charge on any atom is -0.384 e. The molecule has 0 fully saturated rings. The van der Waals surface area contributed by atoms with Crippen molar-refractivity contribution in [3.05, 3.63) is 117 Å². The van der Waals surface area contributed by atoms with Crippen molar-refractivity contribution < 1.29 is 18.0 Å². The molecule has 8 heteroatoms. The largest absolute Gasteiger partial charge is 0.416 e. The topological polar surface area (TPSA) is 70.1 Å². The van der Waals surface area contributed by atoms with E-state index in [1.807, 2.05) is 19.1 Å². The Labute approximate surface area is 242 Å². The first-order valence-electron chi connectivity index (χ1n) is 13.4. The first kappa shape index (κ1) is 28.6. The molecule has 0 saturated heterocycles. The SMILES string of the molecule is Cc1cc(C)c(C2C(C#N)=C(N)N(c3ccc(C(F)(F)F)cc3)C3=C2C(=O)CCC3)cc1CSc1ccccc1C. The average Bonchev–Trinajstić information content (AvgIpc) is 2.93. The second-order valence-corrected chi connectivity index (χ2v) is 11.6. The summed E-state index contributed by atoms with van der Waals surface area (Å²) in [4.78, 5) is 16.3. The molecule has 0 spiro atoms. The number of nitrogens with two attached hydrogens (primary N) is 1. The third-order valence-electron chi connectivity index (χ3n) is 7.88. The minimum atomic E-state index is -4.48. The molecule has 0 amide bonds. The second kappa shape index (κ2) is 11.1. The molecule has 1 unspecified atom stereocenters. The highest BCUT2D eigenvalue weighted by atomic mass is 32.2. The smallest absolute Gasteiger partial charge is 0.384 e. The van der Waals surface area contributed by atoms with Crippen molar-refractivity contribution >= 4 is 23.2 Å². The monoisotopic (exact) mass is 573 g/mol. The van der Waals surface area contributed by atoms with Crippen molar-refractivity contribution in [2.24, 2.45) is 5.73 Å². The number of alkyl halides is 3. The summed E-state index contributed by atoms with van der Waals surface area (Å²) in [5.41, 5.74) is 12.9. The zero-order chi connectivity index (χ0) is 29.5. The molecule has 2 N–H and O–H groups in total. The molecule has 1 aliphatic carbocycles. The number of aryl methyl sites for hydroxylation is 3. The molecular weight excluding hydrogens is 543 g/mol. The van der Waals surface area contributed by atoms with E-state index in [1.54, 1.807) is 16.7 Å². The molecule has 0 saturated carbocycles. The molecule has 0 bridgehead atoms. The summed E-state index contributed by atoms with van der Waals surface area (Å²) < 4.78 is 39.7. The zero-order valence-electron chi connectivity index (χ0n) is 23.1. The molecule has 3 aromatic rings. The molecule has 210 valence electrons. The van der Waals surface area contributed by atoms with Gasteiger partial charge in [-0.15, -0.1) is 11.8 Å². The van der Waals surface area contributed by atoms with Crippen LogP contribution in [-0.2, 0) is 16.7 Å². The number of halogens is 3. The van der Waals surface area contributed by atoms with Gasteiger partial charge in [-0.05, 0) is 91.8 Å². The number of allylic oxidation sites excluding steroid dienone is 3. The predicted octanol–water partition coefficient (Wildman–Crippen LogP) is 8.23. The number of rotatable bonds is 5. The Morgan fingerprint density at radius 1 is 1.00 bits per heavy atom. The van der Waals surface area contributed by atoms with Crippen molar-refractivity contribution in [1.29, 1.82) is 5.26 Å². The van der Waals surface area contributed by atoms with E-state index < -0.39 is 17.7 Å². The number of anilines is 1. The number of carbonyl (C=O) groups excluding carboxylic acids is 1. The van der Waals surface area contributed by atoms with E-state index in [1.165, 1.54) is 22.6 Å². The van der Waals surface area contributed by atoms with Crippen LogP contribution in [0.3, 0.4) is 0 Å². The van der Waals surface area contributed by atoms with Gasteiger partial charge in [-0.25, -0.2) is 0 Å². The Morgan fingerprint density at radius 2 is 1.71 bits per heavy atom. The first-order chi connectivity index (χ1) is 19.5. The van der Waals surface area contributed by atoms with Gasteiger partial charge in [0, 0.05) is 34.0 Å². The lowest BCUT2D eigenvalue weighted by Gasteiger charge is -2.40. The number of carbonyl (C=O) groups is 1. The van der Waals surface area contributed by atoms with E-state index in [4.69, 9.17) is 5.73 Å². The lowest BCUT2D eigenvalue weighted by atomic mass is 9.74. The van der Waals surface area contributed by atoms with E-state index in [0.29, 0.717) is 36.2 Å². The number of benzene rings is 3. The van der Waals surface area contributed by atoms with Gasteiger partial charge in [0.05, 0.1) is 23.1 Å². The van der Waals surface area contributed by atoms with Gasteiger partial charge in [0.1, 0.15) is 5.82 Å². The van der Waals surface area contributed by atoms with Crippen LogP contribution in [0.15, 0.2) is 88.2 Å². The number of hydrogen-bond donors (Lipinski definition) is 1. The maximum Gasteiger partial charge on any atom is 0.416 e. The van der Waals surface area contributed by atoms with E-state index in [2.05, 4.69) is 44.2 Å². The fraction of sp³-hybridized carbons (Fsp3) is 0.273. The quantitative estimate of drug-likeness (QED) is 0.312. The maximum atomic E-state index is 13.5. The maximum absolute atomic E-state index is 13.5. The van der Waals surface area contributed by atoms with Gasteiger partial charge >= 0.3 is 6.18 Å². The minimum absolute atomic E-state index is 0.0655. The lowest BCUT2D eigenvalue weighted by Crippen LogP contribution is -2.39. The van der Waals surface area contributed by atoms with Gasteiger partial charge in [0.15, 0.2) is 5.78 Å². The third kappa shape index (κ3) is 5.39. The van der Waals surface area contributed by atoms with Crippen LogP contribution in [0.25, 0.3) is 0 Å².